The van der Waals surface area contributed by atoms with Crippen LogP contribution in [-0.4, -0.2) is 16.7 Å². The number of hydrogen-bond acceptors (Lipinski definition) is 2. The highest BCUT2D eigenvalue weighted by Crippen LogP contribution is 2.29. The van der Waals surface area contributed by atoms with E-state index in [1.54, 1.807) is 0 Å². The second-order valence-corrected chi connectivity index (χ2v) is 5.54. The molecule has 0 unspecified atom stereocenters. The Kier molecular flexibility index (Phi) is 3.60. The van der Waals surface area contributed by atoms with Gasteiger partial charge >= 0.3 is 5.97 Å². The number of rotatable bonds is 5. The molecule has 0 aromatic heterocycles. The lowest BCUT2D eigenvalue weighted by molar-refractivity contribution is -0.138. The second-order valence-electron chi connectivity index (χ2n) is 5.54. The van der Waals surface area contributed by atoms with Crippen LogP contribution in [0.3, 0.4) is 0 Å². The van der Waals surface area contributed by atoms with Crippen molar-refractivity contribution in [2.24, 2.45) is 0 Å². The van der Waals surface area contributed by atoms with Crippen LogP contribution in [0.15, 0.2) is 18.2 Å². The van der Waals surface area contributed by atoms with E-state index in [1.165, 1.54) is 17.5 Å². The minimum atomic E-state index is -0.777. The van der Waals surface area contributed by atoms with Gasteiger partial charge in [0.1, 0.15) is 11.4 Å². The zero-order chi connectivity index (χ0) is 13.2. The normalized spacial score (nSPS) is 14.3. The van der Waals surface area contributed by atoms with Gasteiger partial charge in [-0.25, -0.2) is 0 Å². The molecule has 0 heterocycles. The van der Waals surface area contributed by atoms with Crippen LogP contribution in [0.1, 0.15) is 44.2 Å². The first-order chi connectivity index (χ1) is 8.46. The van der Waals surface area contributed by atoms with Crippen LogP contribution in [0.25, 0.3) is 0 Å². The largest absolute Gasteiger partial charge is 0.488 e. The van der Waals surface area contributed by atoms with Crippen molar-refractivity contribution in [3.63, 3.8) is 0 Å². The predicted molar refractivity (Wildman–Crippen MR) is 70.0 cm³/mol. The Hall–Kier alpha value is -1.51. The molecular weight excluding hydrogens is 228 g/mol. The lowest BCUT2D eigenvalue weighted by Gasteiger charge is -2.26. The number of carbonyl (C=O) groups is 1. The van der Waals surface area contributed by atoms with Crippen molar-refractivity contribution in [2.75, 3.05) is 0 Å². The molecule has 0 fully saturated rings. The van der Waals surface area contributed by atoms with Gasteiger partial charge in [-0.15, -0.1) is 0 Å². The Balaban J connectivity index is 2.02. The van der Waals surface area contributed by atoms with Gasteiger partial charge in [-0.3, -0.25) is 4.79 Å². The van der Waals surface area contributed by atoms with Crippen molar-refractivity contribution in [1.82, 2.24) is 0 Å². The zero-order valence-corrected chi connectivity index (χ0v) is 11.0. The molecule has 18 heavy (non-hydrogen) atoms. The van der Waals surface area contributed by atoms with E-state index in [-0.39, 0.29) is 6.42 Å². The fraction of sp³-hybridized carbons (Fsp3) is 0.533. The highest BCUT2D eigenvalue weighted by atomic mass is 16.5. The maximum absolute atomic E-state index is 10.6. The first kappa shape index (κ1) is 12.9. The number of fused-ring (bicyclic) bond motifs is 1. The smallest absolute Gasteiger partial charge is 0.303 e. The molecule has 2 rings (SSSR count). The Morgan fingerprint density at radius 1 is 1.33 bits per heavy atom. The van der Waals surface area contributed by atoms with Crippen LogP contribution in [-0.2, 0) is 17.6 Å². The van der Waals surface area contributed by atoms with E-state index in [9.17, 15) is 4.79 Å². The molecule has 0 atom stereocenters. The van der Waals surface area contributed by atoms with E-state index in [0.29, 0.717) is 6.42 Å². The van der Waals surface area contributed by atoms with Gasteiger partial charge in [0, 0.05) is 6.42 Å². The van der Waals surface area contributed by atoms with Gasteiger partial charge in [0.25, 0.3) is 0 Å². The average Bonchev–Trinajstić information content (AvgIpc) is 2.73. The molecule has 1 aromatic carbocycles. The van der Waals surface area contributed by atoms with Crippen LogP contribution < -0.4 is 4.74 Å². The van der Waals surface area contributed by atoms with E-state index in [4.69, 9.17) is 9.84 Å². The summed E-state index contributed by atoms with van der Waals surface area (Å²) in [4.78, 5) is 10.6. The van der Waals surface area contributed by atoms with Gasteiger partial charge in [0.05, 0.1) is 0 Å². The minimum Gasteiger partial charge on any atom is -0.488 e. The number of benzene rings is 1. The average molecular weight is 248 g/mol. The molecule has 0 bridgehead atoms. The molecule has 1 N–H and O–H groups in total. The van der Waals surface area contributed by atoms with Crippen LogP contribution in [0.4, 0.5) is 0 Å². The Bertz CT molecular complexity index is 449. The molecule has 3 heteroatoms. The molecule has 3 nitrogen and oxygen atoms in total. The van der Waals surface area contributed by atoms with Crippen LogP contribution in [0.2, 0.25) is 0 Å². The van der Waals surface area contributed by atoms with Gasteiger partial charge in [0.2, 0.25) is 0 Å². The Morgan fingerprint density at radius 3 is 2.78 bits per heavy atom. The van der Waals surface area contributed by atoms with Crippen molar-refractivity contribution < 1.29 is 14.6 Å². The first-order valence-electron chi connectivity index (χ1n) is 6.49. The second kappa shape index (κ2) is 5.01. The molecule has 0 amide bonds. The number of carboxylic acids is 1. The summed E-state index contributed by atoms with van der Waals surface area (Å²) < 4.78 is 5.91. The fourth-order valence-corrected chi connectivity index (χ4v) is 2.39. The predicted octanol–water partition coefficient (Wildman–Crippen LogP) is 3.20. The molecule has 0 saturated carbocycles. The Labute approximate surface area is 108 Å². The summed E-state index contributed by atoms with van der Waals surface area (Å²) >= 11 is 0. The van der Waals surface area contributed by atoms with Crippen molar-refractivity contribution in [2.45, 2.75) is 51.6 Å². The molecule has 0 saturated heterocycles. The molecule has 0 aliphatic heterocycles. The minimum absolute atomic E-state index is 0.137. The summed E-state index contributed by atoms with van der Waals surface area (Å²) in [5, 5.41) is 8.71. The van der Waals surface area contributed by atoms with Crippen molar-refractivity contribution in [3.8, 4) is 5.75 Å². The molecule has 1 aliphatic rings. The third-order valence-electron chi connectivity index (χ3n) is 3.41. The van der Waals surface area contributed by atoms with Crippen molar-refractivity contribution >= 4 is 5.97 Å². The van der Waals surface area contributed by atoms with Gasteiger partial charge < -0.3 is 9.84 Å². The standard InChI is InChI=1S/C15H20O3/c1-15(2,9-8-14(16)17)18-13-7-6-11-4-3-5-12(11)10-13/h6-7,10H,3-5,8-9H2,1-2H3,(H,16,17). The van der Waals surface area contributed by atoms with E-state index >= 15 is 0 Å². The number of hydrogen-bond donors (Lipinski definition) is 1. The van der Waals surface area contributed by atoms with Gasteiger partial charge in [-0.05, 0) is 62.8 Å². The number of ether oxygens (including phenoxy) is 1. The highest BCUT2D eigenvalue weighted by molar-refractivity contribution is 5.66. The third-order valence-corrected chi connectivity index (χ3v) is 3.41. The van der Waals surface area contributed by atoms with Crippen molar-refractivity contribution in [1.29, 1.82) is 0 Å². The molecule has 1 aliphatic carbocycles. The summed E-state index contributed by atoms with van der Waals surface area (Å²) in [6.45, 7) is 3.87. The zero-order valence-electron chi connectivity index (χ0n) is 11.0. The fourth-order valence-electron chi connectivity index (χ4n) is 2.39. The molecule has 1 aromatic rings. The monoisotopic (exact) mass is 248 g/mol. The van der Waals surface area contributed by atoms with Gasteiger partial charge in [-0.1, -0.05) is 6.07 Å². The van der Waals surface area contributed by atoms with Gasteiger partial charge in [-0.2, -0.15) is 0 Å². The van der Waals surface area contributed by atoms with E-state index in [1.807, 2.05) is 19.9 Å². The van der Waals surface area contributed by atoms with E-state index in [2.05, 4.69) is 12.1 Å². The summed E-state index contributed by atoms with van der Waals surface area (Å²) in [7, 11) is 0. The number of aryl methyl sites for hydroxylation is 2. The summed E-state index contributed by atoms with van der Waals surface area (Å²) in [5.74, 6) is 0.0756. The quantitative estimate of drug-likeness (QED) is 0.870. The van der Waals surface area contributed by atoms with Crippen LogP contribution >= 0.6 is 0 Å². The maximum Gasteiger partial charge on any atom is 0.303 e. The van der Waals surface area contributed by atoms with E-state index < -0.39 is 11.6 Å². The first-order valence-corrected chi connectivity index (χ1v) is 6.49. The SMILES string of the molecule is CC(C)(CCC(=O)O)Oc1ccc2c(c1)CCC2. The lowest BCUT2D eigenvalue weighted by atomic mass is 10.0. The molecular formula is C15H20O3. The molecule has 0 radical (unpaired) electrons. The van der Waals surface area contributed by atoms with Crippen molar-refractivity contribution in [3.05, 3.63) is 29.3 Å². The maximum atomic E-state index is 10.6. The summed E-state index contributed by atoms with van der Waals surface area (Å²) in [5.41, 5.74) is 2.36. The molecule has 0 spiro atoms. The summed E-state index contributed by atoms with van der Waals surface area (Å²) in [6, 6.07) is 6.22. The third kappa shape index (κ3) is 3.25. The summed E-state index contributed by atoms with van der Waals surface area (Å²) in [6.07, 6.45) is 4.17. The topological polar surface area (TPSA) is 46.5 Å². The van der Waals surface area contributed by atoms with Crippen LogP contribution in [0, 0.1) is 0 Å². The number of carboxylic acid groups (broad SMARTS) is 1. The van der Waals surface area contributed by atoms with E-state index in [0.717, 1.165) is 18.6 Å². The number of aliphatic carboxylic acids is 1. The highest BCUT2D eigenvalue weighted by Gasteiger charge is 2.22. The van der Waals surface area contributed by atoms with Crippen LogP contribution in [0.5, 0.6) is 5.75 Å². The lowest BCUT2D eigenvalue weighted by Crippen LogP contribution is -2.29. The van der Waals surface area contributed by atoms with Gasteiger partial charge in [0.15, 0.2) is 0 Å². The Morgan fingerprint density at radius 2 is 2.06 bits per heavy atom. The molecule has 98 valence electrons.